The number of hydrogen-bond acceptors (Lipinski definition) is 4. The second-order valence-electron chi connectivity index (χ2n) is 17.6. The van der Waals surface area contributed by atoms with Crippen LogP contribution in [0.2, 0.25) is 0 Å². The van der Waals surface area contributed by atoms with Gasteiger partial charge in [-0.25, -0.2) is 0 Å². The first-order valence-electron chi connectivity index (χ1n) is 20.8. The second-order valence-corrected chi connectivity index (χ2v) is 19.7. The molecule has 60 heavy (non-hydrogen) atoms. The van der Waals surface area contributed by atoms with Crippen molar-refractivity contribution in [3.63, 3.8) is 0 Å². The third kappa shape index (κ3) is 4.20. The summed E-state index contributed by atoms with van der Waals surface area (Å²) in [6, 6.07) is 59.0. The standard InChI is InChI=1S/C54H35BN2OS2/c1-54(2,3)31-24-26-40(37(28-31)30-14-5-4-6-15-30)56-41-29-38-32-16-7-10-21-42(32)58-52(38)48-36-20-13-19-35-46-33-17-8-12-23-44(33)60-53(46)57(50(35)36)55(49(41)48)39-25-27-45-47(51(39)56)34-18-9-11-22-43(34)59-45/h4-29H,1-3H3. The molecular formula is C54H35BN2OS2. The van der Waals surface area contributed by atoms with Crippen LogP contribution in [0.5, 0.6) is 0 Å². The van der Waals surface area contributed by atoms with Crippen LogP contribution in [0.4, 0.5) is 17.1 Å². The van der Waals surface area contributed by atoms with Crippen LogP contribution in [0.1, 0.15) is 26.3 Å². The van der Waals surface area contributed by atoms with Gasteiger partial charge in [-0.15, -0.1) is 22.7 Å². The predicted octanol–water partition coefficient (Wildman–Crippen LogP) is 14.7. The summed E-state index contributed by atoms with van der Waals surface area (Å²) >= 11 is 3.82. The molecule has 0 unspecified atom stereocenters. The summed E-state index contributed by atoms with van der Waals surface area (Å²) in [5.74, 6) is 0. The fourth-order valence-electron chi connectivity index (χ4n) is 10.7. The molecule has 6 heteroatoms. The van der Waals surface area contributed by atoms with E-state index in [9.17, 15) is 0 Å². The van der Waals surface area contributed by atoms with Gasteiger partial charge < -0.3 is 13.8 Å². The van der Waals surface area contributed by atoms with Gasteiger partial charge in [0.25, 0.3) is 0 Å². The average Bonchev–Trinajstić information content (AvgIpc) is 4.04. The highest BCUT2D eigenvalue weighted by Gasteiger charge is 2.46. The number of thiophene rings is 2. The van der Waals surface area contributed by atoms with Crippen LogP contribution in [0.3, 0.4) is 0 Å². The molecule has 0 radical (unpaired) electrons. The predicted molar refractivity (Wildman–Crippen MR) is 260 cm³/mol. The number of hydrogen-bond donors (Lipinski definition) is 0. The first-order valence-corrected chi connectivity index (χ1v) is 22.4. The molecule has 0 fully saturated rings. The van der Waals surface area contributed by atoms with Crippen molar-refractivity contribution < 1.29 is 4.42 Å². The number of rotatable bonds is 2. The molecule has 0 saturated carbocycles. The van der Waals surface area contributed by atoms with E-state index in [1.807, 2.05) is 22.7 Å². The van der Waals surface area contributed by atoms with Gasteiger partial charge in [-0.1, -0.05) is 136 Å². The van der Waals surface area contributed by atoms with E-state index in [-0.39, 0.29) is 12.3 Å². The SMILES string of the molecule is CC(C)(C)c1ccc(N2c3cc4c(oc5ccccc54)c4c3B(c3ccc5sc6ccccc6c5c32)n2c3sc5ccccc5c3c3cccc-4c32)c(-c2ccccc2)c1. The molecule has 2 aliphatic heterocycles. The molecule has 0 saturated heterocycles. The smallest absolute Gasteiger partial charge is 0.333 e. The Bertz CT molecular complexity index is 3840. The molecule has 282 valence electrons. The Morgan fingerprint density at radius 2 is 1.27 bits per heavy atom. The first-order chi connectivity index (χ1) is 29.4. The van der Waals surface area contributed by atoms with E-state index in [2.05, 4.69) is 188 Å². The molecule has 2 aliphatic rings. The zero-order chi connectivity index (χ0) is 39.6. The van der Waals surface area contributed by atoms with Gasteiger partial charge in [0, 0.05) is 79.7 Å². The van der Waals surface area contributed by atoms with Crippen LogP contribution in [-0.4, -0.2) is 11.3 Å². The fraction of sp³-hybridized carbons (Fsp3) is 0.0741. The van der Waals surface area contributed by atoms with Crippen LogP contribution in [-0.2, 0) is 5.41 Å². The van der Waals surface area contributed by atoms with Crippen molar-refractivity contribution in [2.45, 2.75) is 26.2 Å². The van der Waals surface area contributed by atoms with Gasteiger partial charge in [0.15, 0.2) is 0 Å². The molecule has 6 heterocycles. The first kappa shape index (κ1) is 33.3. The quantitative estimate of drug-likeness (QED) is 0.162. The fourth-order valence-corrected chi connectivity index (χ4v) is 13.1. The third-order valence-corrected chi connectivity index (χ3v) is 15.6. The van der Waals surface area contributed by atoms with E-state index in [1.165, 1.54) is 107 Å². The van der Waals surface area contributed by atoms with E-state index in [0.29, 0.717) is 0 Å². The van der Waals surface area contributed by atoms with Crippen molar-refractivity contribution in [3.8, 4) is 22.3 Å². The third-order valence-electron chi connectivity index (χ3n) is 13.3. The lowest BCUT2D eigenvalue weighted by molar-refractivity contribution is 0.590. The molecular weight excluding hydrogens is 768 g/mol. The summed E-state index contributed by atoms with van der Waals surface area (Å²) in [4.78, 5) is 3.97. The van der Waals surface area contributed by atoms with Gasteiger partial charge in [-0.3, -0.25) is 0 Å². The maximum Gasteiger partial charge on any atom is 0.333 e. The number of para-hydroxylation sites is 2. The van der Waals surface area contributed by atoms with Crippen molar-refractivity contribution in [1.29, 1.82) is 0 Å². The Morgan fingerprint density at radius 3 is 2.08 bits per heavy atom. The Balaban J connectivity index is 1.23. The highest BCUT2D eigenvalue weighted by molar-refractivity contribution is 7.26. The van der Waals surface area contributed by atoms with Gasteiger partial charge in [0.05, 0.1) is 16.2 Å². The van der Waals surface area contributed by atoms with Crippen LogP contribution in [0.25, 0.3) is 95.6 Å². The van der Waals surface area contributed by atoms with E-state index >= 15 is 0 Å². The van der Waals surface area contributed by atoms with Crippen LogP contribution in [0, 0.1) is 0 Å². The Hall–Kier alpha value is -6.60. The molecule has 0 bridgehead atoms. The van der Waals surface area contributed by atoms with Crippen molar-refractivity contribution in [2.24, 2.45) is 0 Å². The van der Waals surface area contributed by atoms with Crippen molar-refractivity contribution in [1.82, 2.24) is 4.48 Å². The molecule has 14 rings (SSSR count). The Labute approximate surface area is 354 Å². The minimum Gasteiger partial charge on any atom is -0.455 e. The maximum atomic E-state index is 7.06. The van der Waals surface area contributed by atoms with Crippen LogP contribution >= 0.6 is 22.7 Å². The number of anilines is 3. The van der Waals surface area contributed by atoms with E-state index in [4.69, 9.17) is 4.42 Å². The number of nitrogens with zero attached hydrogens (tertiary/aromatic N) is 2. The van der Waals surface area contributed by atoms with Crippen LogP contribution in [0.15, 0.2) is 162 Å². The summed E-state index contributed by atoms with van der Waals surface area (Å²) in [5.41, 5.74) is 15.6. The minimum absolute atomic E-state index is 0.0311. The zero-order valence-corrected chi connectivity index (χ0v) is 34.8. The number of aromatic nitrogens is 1. The Kier molecular flexibility index (Phi) is 6.41. The molecule has 8 aromatic carbocycles. The summed E-state index contributed by atoms with van der Waals surface area (Å²) in [6.07, 6.45) is 0. The normalized spacial score (nSPS) is 13.5. The van der Waals surface area contributed by atoms with E-state index < -0.39 is 0 Å². The number of furan rings is 1. The second kappa shape index (κ2) is 11.6. The molecule has 0 aliphatic carbocycles. The zero-order valence-electron chi connectivity index (χ0n) is 33.2. The van der Waals surface area contributed by atoms with Crippen molar-refractivity contribution >= 4 is 131 Å². The minimum atomic E-state index is -0.0982. The molecule has 0 atom stereocenters. The topological polar surface area (TPSA) is 21.3 Å². The highest BCUT2D eigenvalue weighted by Crippen LogP contribution is 2.54. The summed E-state index contributed by atoms with van der Waals surface area (Å²) < 4.78 is 13.7. The lowest BCUT2D eigenvalue weighted by Gasteiger charge is -2.41. The molecule has 12 aromatic rings. The lowest BCUT2D eigenvalue weighted by Crippen LogP contribution is -2.56. The van der Waals surface area contributed by atoms with Gasteiger partial charge in [0.1, 0.15) is 11.2 Å². The maximum absolute atomic E-state index is 7.06. The number of benzene rings is 8. The average molecular weight is 803 g/mol. The number of fused-ring (bicyclic) bond motifs is 17. The van der Waals surface area contributed by atoms with Crippen molar-refractivity contribution in [3.05, 3.63) is 163 Å². The van der Waals surface area contributed by atoms with Gasteiger partial charge in [0.2, 0.25) is 0 Å². The highest BCUT2D eigenvalue weighted by atomic mass is 32.1. The molecule has 4 aromatic heterocycles. The molecule has 0 spiro atoms. The van der Waals surface area contributed by atoms with Gasteiger partial charge in [-0.05, 0) is 69.9 Å². The summed E-state index contributed by atoms with van der Waals surface area (Å²) in [7, 11) is 0. The molecule has 0 N–H and O–H groups in total. The van der Waals surface area contributed by atoms with Gasteiger partial charge >= 0.3 is 6.85 Å². The van der Waals surface area contributed by atoms with Crippen molar-refractivity contribution in [2.75, 3.05) is 4.90 Å². The largest absolute Gasteiger partial charge is 0.455 e. The molecule has 3 nitrogen and oxygen atoms in total. The van der Waals surface area contributed by atoms with Gasteiger partial charge in [-0.2, -0.15) is 0 Å². The van der Waals surface area contributed by atoms with Crippen LogP contribution < -0.4 is 15.8 Å². The molecule has 0 amide bonds. The monoisotopic (exact) mass is 802 g/mol. The lowest BCUT2D eigenvalue weighted by atomic mass is 9.45. The van der Waals surface area contributed by atoms with E-state index in [0.717, 1.165) is 21.9 Å². The summed E-state index contributed by atoms with van der Waals surface area (Å²) in [5, 5.41) is 8.86. The van der Waals surface area contributed by atoms with E-state index in [1.54, 1.807) is 0 Å². The summed E-state index contributed by atoms with van der Waals surface area (Å²) in [6.45, 7) is 6.85. The Morgan fingerprint density at radius 1 is 0.550 bits per heavy atom.